The van der Waals surface area contributed by atoms with Gasteiger partial charge in [0, 0.05) is 11.1 Å². The summed E-state index contributed by atoms with van der Waals surface area (Å²) in [7, 11) is 0. The van der Waals surface area contributed by atoms with Crippen LogP contribution in [-0.4, -0.2) is 36.8 Å². The SMILES string of the molecule is CCOC(=O)CN1C(=O)[C@H]([C@@H](C)CC)N=C(c2ccccc2)c2cccc(Cl)c21. The molecule has 6 heteroatoms. The fraction of sp³-hybridized carbons (Fsp3) is 0.348. The Morgan fingerprint density at radius 3 is 2.55 bits per heavy atom. The molecule has 0 aromatic heterocycles. The van der Waals surface area contributed by atoms with Crippen molar-refractivity contribution >= 4 is 34.9 Å². The summed E-state index contributed by atoms with van der Waals surface area (Å²) in [6.45, 7) is 5.80. The Balaban J connectivity index is 2.22. The number of ether oxygens (including phenoxy) is 1. The Hall–Kier alpha value is -2.66. The van der Waals surface area contributed by atoms with Crippen LogP contribution in [0.4, 0.5) is 5.69 Å². The quantitative estimate of drug-likeness (QED) is 0.656. The first-order valence-corrected chi connectivity index (χ1v) is 10.2. The lowest BCUT2D eigenvalue weighted by molar-refractivity contribution is -0.142. The number of benzene rings is 2. The average Bonchev–Trinajstić information content (AvgIpc) is 2.84. The molecule has 0 N–H and O–H groups in total. The van der Waals surface area contributed by atoms with E-state index in [1.54, 1.807) is 13.0 Å². The molecule has 0 saturated carbocycles. The second-order valence-corrected chi connectivity index (χ2v) is 7.45. The van der Waals surface area contributed by atoms with E-state index in [1.165, 1.54) is 4.90 Å². The van der Waals surface area contributed by atoms with Gasteiger partial charge in [-0.2, -0.15) is 0 Å². The van der Waals surface area contributed by atoms with Gasteiger partial charge in [-0.15, -0.1) is 0 Å². The molecular formula is C23H25ClN2O3. The average molecular weight is 413 g/mol. The molecule has 1 heterocycles. The molecule has 2 aromatic rings. The highest BCUT2D eigenvalue weighted by molar-refractivity contribution is 6.36. The van der Waals surface area contributed by atoms with Gasteiger partial charge in [0.05, 0.1) is 23.0 Å². The van der Waals surface area contributed by atoms with Crippen LogP contribution in [-0.2, 0) is 14.3 Å². The van der Waals surface area contributed by atoms with Gasteiger partial charge >= 0.3 is 5.97 Å². The van der Waals surface area contributed by atoms with Gasteiger partial charge in [-0.1, -0.05) is 74.3 Å². The van der Waals surface area contributed by atoms with Crippen LogP contribution in [0.5, 0.6) is 0 Å². The van der Waals surface area contributed by atoms with E-state index >= 15 is 0 Å². The first-order valence-electron chi connectivity index (χ1n) is 9.87. The molecule has 1 amide bonds. The fourth-order valence-electron chi connectivity index (χ4n) is 3.43. The summed E-state index contributed by atoms with van der Waals surface area (Å²) in [5.41, 5.74) is 2.83. The van der Waals surface area contributed by atoms with Gasteiger partial charge in [0.1, 0.15) is 12.6 Å². The minimum absolute atomic E-state index is 0.000930. The first kappa shape index (κ1) is 21.1. The third-order valence-electron chi connectivity index (χ3n) is 5.12. The van der Waals surface area contributed by atoms with Crippen molar-refractivity contribution in [1.82, 2.24) is 0 Å². The van der Waals surface area contributed by atoms with Crippen LogP contribution in [0.3, 0.4) is 0 Å². The largest absolute Gasteiger partial charge is 0.465 e. The highest BCUT2D eigenvalue weighted by atomic mass is 35.5. The second kappa shape index (κ2) is 9.23. The highest BCUT2D eigenvalue weighted by Crippen LogP contribution is 2.36. The zero-order valence-electron chi connectivity index (χ0n) is 16.9. The summed E-state index contributed by atoms with van der Waals surface area (Å²) in [4.78, 5) is 32.2. The Morgan fingerprint density at radius 1 is 1.17 bits per heavy atom. The van der Waals surface area contributed by atoms with Crippen molar-refractivity contribution in [2.75, 3.05) is 18.1 Å². The van der Waals surface area contributed by atoms with Gasteiger partial charge < -0.3 is 4.74 Å². The summed E-state index contributed by atoms with van der Waals surface area (Å²) >= 11 is 6.55. The maximum absolute atomic E-state index is 13.5. The van der Waals surface area contributed by atoms with E-state index < -0.39 is 12.0 Å². The van der Waals surface area contributed by atoms with Crippen molar-refractivity contribution < 1.29 is 14.3 Å². The number of benzodiazepines with no additional fused rings is 1. The number of hydrogen-bond acceptors (Lipinski definition) is 4. The number of halogens is 1. The van der Waals surface area contributed by atoms with Crippen LogP contribution in [0.15, 0.2) is 53.5 Å². The molecule has 29 heavy (non-hydrogen) atoms. The van der Waals surface area contributed by atoms with Crippen LogP contribution >= 0.6 is 11.6 Å². The van der Waals surface area contributed by atoms with Gasteiger partial charge in [0.25, 0.3) is 5.91 Å². The predicted octanol–water partition coefficient (Wildman–Crippen LogP) is 4.50. The third-order valence-corrected chi connectivity index (χ3v) is 5.43. The van der Waals surface area contributed by atoms with Crippen molar-refractivity contribution in [3.8, 4) is 0 Å². The summed E-state index contributed by atoms with van der Waals surface area (Å²) in [6.07, 6.45) is 0.777. The fourth-order valence-corrected chi connectivity index (χ4v) is 3.70. The molecule has 2 aromatic carbocycles. The molecule has 0 radical (unpaired) electrons. The number of esters is 1. The van der Waals surface area contributed by atoms with E-state index in [0.717, 1.165) is 17.5 Å². The number of rotatable bonds is 6. The molecule has 5 nitrogen and oxygen atoms in total. The standard InChI is InChI=1S/C23H25ClN2O3/c1-4-15(3)20-23(28)26(14-19(27)29-5-2)22-17(12-9-13-18(22)24)21(25-20)16-10-7-6-8-11-16/h6-13,15,20H,4-5,14H2,1-3H3/t15-,20-/m0/s1. The number of carbonyl (C=O) groups is 2. The van der Waals surface area contributed by atoms with Crippen LogP contribution in [0.1, 0.15) is 38.3 Å². The van der Waals surface area contributed by atoms with Crippen LogP contribution in [0.25, 0.3) is 0 Å². The molecule has 0 aliphatic carbocycles. The van der Waals surface area contributed by atoms with Crippen molar-refractivity contribution in [3.05, 3.63) is 64.7 Å². The highest BCUT2D eigenvalue weighted by Gasteiger charge is 2.36. The second-order valence-electron chi connectivity index (χ2n) is 7.04. The van der Waals surface area contributed by atoms with Crippen LogP contribution < -0.4 is 4.90 Å². The lowest BCUT2D eigenvalue weighted by atomic mass is 9.98. The number of fused-ring (bicyclic) bond motifs is 1. The van der Waals surface area contributed by atoms with E-state index in [-0.39, 0.29) is 25.0 Å². The van der Waals surface area contributed by atoms with Crippen LogP contribution in [0.2, 0.25) is 5.02 Å². The smallest absolute Gasteiger partial charge is 0.326 e. The van der Waals surface area contributed by atoms with Crippen molar-refractivity contribution in [2.45, 2.75) is 33.2 Å². The number of anilines is 1. The zero-order valence-corrected chi connectivity index (χ0v) is 17.6. The molecule has 2 atom stereocenters. The maximum atomic E-state index is 13.5. The molecule has 0 bridgehead atoms. The minimum atomic E-state index is -0.618. The Bertz CT molecular complexity index is 927. The molecule has 0 fully saturated rings. The number of para-hydroxylation sites is 1. The number of aliphatic imine (C=N–C) groups is 1. The summed E-state index contributed by atoms with van der Waals surface area (Å²) in [6, 6.07) is 14.5. The Kier molecular flexibility index (Phi) is 6.70. The number of carbonyl (C=O) groups excluding carboxylic acids is 2. The van der Waals surface area contributed by atoms with E-state index in [0.29, 0.717) is 16.4 Å². The number of nitrogens with zero attached hydrogens (tertiary/aromatic N) is 2. The molecular weight excluding hydrogens is 388 g/mol. The first-order chi connectivity index (χ1) is 14.0. The zero-order chi connectivity index (χ0) is 21.0. The summed E-state index contributed by atoms with van der Waals surface area (Å²) in [5, 5.41) is 0.397. The molecule has 1 aliphatic heterocycles. The normalized spacial score (nSPS) is 17.2. The molecule has 3 rings (SSSR count). The van der Waals surface area contributed by atoms with E-state index in [1.807, 2.05) is 56.3 Å². The summed E-state index contributed by atoms with van der Waals surface area (Å²) in [5.74, 6) is -0.718. The van der Waals surface area contributed by atoms with Crippen molar-refractivity contribution in [1.29, 1.82) is 0 Å². The third kappa shape index (κ3) is 4.35. The van der Waals surface area contributed by atoms with Gasteiger partial charge in [-0.3, -0.25) is 19.5 Å². The van der Waals surface area contributed by atoms with Crippen molar-refractivity contribution in [2.24, 2.45) is 10.9 Å². The van der Waals surface area contributed by atoms with Gasteiger partial charge in [0.15, 0.2) is 0 Å². The number of hydrogen-bond donors (Lipinski definition) is 0. The molecule has 1 aliphatic rings. The van der Waals surface area contributed by atoms with E-state index in [4.69, 9.17) is 21.3 Å². The van der Waals surface area contributed by atoms with Gasteiger partial charge in [-0.05, 0) is 18.9 Å². The maximum Gasteiger partial charge on any atom is 0.326 e. The molecule has 0 saturated heterocycles. The van der Waals surface area contributed by atoms with Gasteiger partial charge in [0.2, 0.25) is 0 Å². The Labute approximate surface area is 176 Å². The predicted molar refractivity (Wildman–Crippen MR) is 116 cm³/mol. The molecule has 0 unspecified atom stereocenters. The summed E-state index contributed by atoms with van der Waals surface area (Å²) < 4.78 is 5.11. The molecule has 0 spiro atoms. The molecule has 152 valence electrons. The van der Waals surface area contributed by atoms with E-state index in [2.05, 4.69) is 0 Å². The van der Waals surface area contributed by atoms with Crippen LogP contribution in [0, 0.1) is 5.92 Å². The Morgan fingerprint density at radius 2 is 1.90 bits per heavy atom. The topological polar surface area (TPSA) is 59.0 Å². The minimum Gasteiger partial charge on any atom is -0.465 e. The monoisotopic (exact) mass is 412 g/mol. The lowest BCUT2D eigenvalue weighted by Crippen LogP contribution is -2.44. The lowest BCUT2D eigenvalue weighted by Gasteiger charge is -2.27. The number of amides is 1. The van der Waals surface area contributed by atoms with E-state index in [9.17, 15) is 9.59 Å². The van der Waals surface area contributed by atoms with Crippen molar-refractivity contribution in [3.63, 3.8) is 0 Å². The van der Waals surface area contributed by atoms with Gasteiger partial charge in [-0.25, -0.2) is 0 Å².